The molecule has 0 aromatic carbocycles. The van der Waals surface area contributed by atoms with Crippen molar-refractivity contribution >= 4 is 17.2 Å². The van der Waals surface area contributed by atoms with Gasteiger partial charge < -0.3 is 15.4 Å². The largest absolute Gasteiger partial charge is 0.375 e. The number of carbonyl (C=O) groups excluding carboxylic acids is 1. The van der Waals surface area contributed by atoms with E-state index >= 15 is 0 Å². The molecule has 1 aliphatic heterocycles. The van der Waals surface area contributed by atoms with Crippen LogP contribution in [0.5, 0.6) is 0 Å². The standard InChI is InChI=1S/C13H21N3O2S/c1-3-10-7-18-9(2)6-16(10)13(17)11-8-19-12(15-11)4-5-14/h8-10H,3-7,14H2,1-2H3. The summed E-state index contributed by atoms with van der Waals surface area (Å²) >= 11 is 1.51. The summed E-state index contributed by atoms with van der Waals surface area (Å²) in [5.41, 5.74) is 6.05. The number of nitrogens with two attached hydrogens (primary N) is 1. The van der Waals surface area contributed by atoms with Gasteiger partial charge in [-0.05, 0) is 19.9 Å². The van der Waals surface area contributed by atoms with E-state index in [2.05, 4.69) is 11.9 Å². The van der Waals surface area contributed by atoms with Crippen molar-refractivity contribution < 1.29 is 9.53 Å². The predicted molar refractivity (Wildman–Crippen MR) is 75.4 cm³/mol. The van der Waals surface area contributed by atoms with Gasteiger partial charge in [-0.25, -0.2) is 4.98 Å². The number of nitrogens with zero attached hydrogens (tertiary/aromatic N) is 2. The fourth-order valence-electron chi connectivity index (χ4n) is 2.23. The fraction of sp³-hybridized carbons (Fsp3) is 0.692. The molecule has 0 bridgehead atoms. The first-order chi connectivity index (χ1) is 9.15. The summed E-state index contributed by atoms with van der Waals surface area (Å²) in [5.74, 6) is 0.0153. The van der Waals surface area contributed by atoms with Crippen LogP contribution >= 0.6 is 11.3 Å². The van der Waals surface area contributed by atoms with E-state index in [-0.39, 0.29) is 18.1 Å². The minimum atomic E-state index is 0.0153. The Morgan fingerprint density at radius 3 is 3.16 bits per heavy atom. The molecule has 1 aromatic heterocycles. The third-order valence-corrected chi connectivity index (χ3v) is 4.24. The number of thiazole rings is 1. The van der Waals surface area contributed by atoms with Crippen LogP contribution in [0.25, 0.3) is 0 Å². The zero-order valence-corrected chi connectivity index (χ0v) is 12.3. The van der Waals surface area contributed by atoms with E-state index in [0.29, 0.717) is 25.4 Å². The number of aromatic nitrogens is 1. The van der Waals surface area contributed by atoms with E-state index in [1.807, 2.05) is 17.2 Å². The molecule has 1 amide bonds. The highest BCUT2D eigenvalue weighted by Crippen LogP contribution is 2.19. The van der Waals surface area contributed by atoms with Crippen LogP contribution in [0.3, 0.4) is 0 Å². The van der Waals surface area contributed by atoms with E-state index in [0.717, 1.165) is 17.8 Å². The lowest BCUT2D eigenvalue weighted by Gasteiger charge is -2.37. The Balaban J connectivity index is 2.11. The number of hydrogen-bond acceptors (Lipinski definition) is 5. The normalized spacial score (nSPS) is 23.6. The van der Waals surface area contributed by atoms with Crippen molar-refractivity contribution in [2.24, 2.45) is 5.73 Å². The summed E-state index contributed by atoms with van der Waals surface area (Å²) < 4.78 is 5.61. The van der Waals surface area contributed by atoms with E-state index in [1.165, 1.54) is 11.3 Å². The van der Waals surface area contributed by atoms with E-state index < -0.39 is 0 Å². The highest BCUT2D eigenvalue weighted by Gasteiger charge is 2.31. The average molecular weight is 283 g/mol. The molecule has 1 aliphatic rings. The molecular weight excluding hydrogens is 262 g/mol. The summed E-state index contributed by atoms with van der Waals surface area (Å²) in [6.45, 7) is 5.88. The molecule has 1 fully saturated rings. The lowest BCUT2D eigenvalue weighted by atomic mass is 10.1. The molecule has 2 N–H and O–H groups in total. The van der Waals surface area contributed by atoms with Gasteiger partial charge in [-0.15, -0.1) is 11.3 Å². The number of ether oxygens (including phenoxy) is 1. The summed E-state index contributed by atoms with van der Waals surface area (Å²) in [4.78, 5) is 18.8. The number of carbonyl (C=O) groups is 1. The highest BCUT2D eigenvalue weighted by molar-refractivity contribution is 7.09. The van der Waals surface area contributed by atoms with Crippen LogP contribution in [-0.2, 0) is 11.2 Å². The van der Waals surface area contributed by atoms with Crippen LogP contribution in [0, 0.1) is 0 Å². The Morgan fingerprint density at radius 2 is 2.47 bits per heavy atom. The second-order valence-electron chi connectivity index (χ2n) is 4.83. The first-order valence-electron chi connectivity index (χ1n) is 6.72. The summed E-state index contributed by atoms with van der Waals surface area (Å²) in [7, 11) is 0. The summed E-state index contributed by atoms with van der Waals surface area (Å²) in [6, 6.07) is 0.156. The molecule has 0 radical (unpaired) electrons. The van der Waals surface area contributed by atoms with Gasteiger partial charge in [-0.2, -0.15) is 0 Å². The molecule has 1 aromatic rings. The highest BCUT2D eigenvalue weighted by atomic mass is 32.1. The third kappa shape index (κ3) is 3.32. The van der Waals surface area contributed by atoms with Crippen LogP contribution < -0.4 is 5.73 Å². The fourth-order valence-corrected chi connectivity index (χ4v) is 3.01. The Morgan fingerprint density at radius 1 is 1.68 bits per heavy atom. The summed E-state index contributed by atoms with van der Waals surface area (Å²) in [5, 5.41) is 2.76. The van der Waals surface area contributed by atoms with Crippen molar-refractivity contribution in [2.75, 3.05) is 19.7 Å². The van der Waals surface area contributed by atoms with Crippen molar-refractivity contribution in [1.29, 1.82) is 0 Å². The minimum Gasteiger partial charge on any atom is -0.375 e. The Hall–Kier alpha value is -0.980. The molecule has 0 spiro atoms. The number of amides is 1. The molecule has 6 heteroatoms. The number of morpholine rings is 1. The Kier molecular flexibility index (Phi) is 4.90. The van der Waals surface area contributed by atoms with Gasteiger partial charge in [0.15, 0.2) is 0 Å². The topological polar surface area (TPSA) is 68.5 Å². The maximum absolute atomic E-state index is 12.5. The monoisotopic (exact) mass is 283 g/mol. The van der Waals surface area contributed by atoms with Gasteiger partial charge in [0.2, 0.25) is 0 Å². The zero-order valence-electron chi connectivity index (χ0n) is 11.5. The lowest BCUT2D eigenvalue weighted by Crippen LogP contribution is -2.51. The van der Waals surface area contributed by atoms with Gasteiger partial charge in [0.1, 0.15) is 5.69 Å². The molecule has 5 nitrogen and oxygen atoms in total. The average Bonchev–Trinajstić information content (AvgIpc) is 2.87. The molecular formula is C13H21N3O2S. The zero-order chi connectivity index (χ0) is 13.8. The second kappa shape index (κ2) is 6.45. The second-order valence-corrected chi connectivity index (χ2v) is 5.77. The van der Waals surface area contributed by atoms with Crippen molar-refractivity contribution in [2.45, 2.75) is 38.8 Å². The van der Waals surface area contributed by atoms with Crippen LogP contribution in [0.4, 0.5) is 0 Å². The van der Waals surface area contributed by atoms with Gasteiger partial charge in [0.05, 0.1) is 23.8 Å². The number of hydrogen-bond donors (Lipinski definition) is 1. The van der Waals surface area contributed by atoms with Gasteiger partial charge in [0.25, 0.3) is 5.91 Å². The maximum atomic E-state index is 12.5. The van der Waals surface area contributed by atoms with Crippen LogP contribution in [0.2, 0.25) is 0 Å². The van der Waals surface area contributed by atoms with E-state index in [4.69, 9.17) is 10.5 Å². The van der Waals surface area contributed by atoms with Crippen LogP contribution in [-0.4, -0.2) is 47.6 Å². The molecule has 2 rings (SSSR count). The van der Waals surface area contributed by atoms with Gasteiger partial charge in [-0.3, -0.25) is 4.79 Å². The maximum Gasteiger partial charge on any atom is 0.273 e. The first kappa shape index (κ1) is 14.4. The van der Waals surface area contributed by atoms with E-state index in [9.17, 15) is 4.79 Å². The lowest BCUT2D eigenvalue weighted by molar-refractivity contribution is -0.0445. The minimum absolute atomic E-state index is 0.0153. The molecule has 2 heterocycles. The van der Waals surface area contributed by atoms with Crippen molar-refractivity contribution in [1.82, 2.24) is 9.88 Å². The van der Waals surface area contributed by atoms with Crippen molar-refractivity contribution in [3.63, 3.8) is 0 Å². The molecule has 0 saturated carbocycles. The molecule has 2 unspecified atom stereocenters. The number of rotatable bonds is 4. The molecule has 1 saturated heterocycles. The molecule has 106 valence electrons. The van der Waals surface area contributed by atoms with Crippen LogP contribution in [0.1, 0.15) is 35.8 Å². The Bertz CT molecular complexity index is 435. The van der Waals surface area contributed by atoms with Gasteiger partial charge in [-0.1, -0.05) is 6.92 Å². The van der Waals surface area contributed by atoms with Crippen LogP contribution in [0.15, 0.2) is 5.38 Å². The van der Waals surface area contributed by atoms with Crippen molar-refractivity contribution in [3.05, 3.63) is 16.1 Å². The molecule has 2 atom stereocenters. The third-order valence-electron chi connectivity index (χ3n) is 3.33. The first-order valence-corrected chi connectivity index (χ1v) is 7.60. The van der Waals surface area contributed by atoms with Gasteiger partial charge in [0, 0.05) is 18.3 Å². The Labute approximate surface area is 117 Å². The van der Waals surface area contributed by atoms with Crippen molar-refractivity contribution in [3.8, 4) is 0 Å². The predicted octanol–water partition coefficient (Wildman–Crippen LogP) is 1.28. The molecule has 19 heavy (non-hydrogen) atoms. The van der Waals surface area contributed by atoms with Gasteiger partial charge >= 0.3 is 0 Å². The smallest absolute Gasteiger partial charge is 0.273 e. The quantitative estimate of drug-likeness (QED) is 0.904. The SMILES string of the molecule is CCC1COC(C)CN1C(=O)c1csc(CCN)n1. The molecule has 0 aliphatic carbocycles. The van der Waals surface area contributed by atoms with E-state index in [1.54, 1.807) is 0 Å². The summed E-state index contributed by atoms with van der Waals surface area (Å²) in [6.07, 6.45) is 1.72.